The van der Waals surface area contributed by atoms with E-state index in [0.29, 0.717) is 31.2 Å². The minimum Gasteiger partial charge on any atom is -0.369 e. The summed E-state index contributed by atoms with van der Waals surface area (Å²) in [5, 5.41) is 2.83. The maximum absolute atomic E-state index is 12.2. The van der Waals surface area contributed by atoms with Crippen LogP contribution in [0.5, 0.6) is 0 Å². The second-order valence-electron chi connectivity index (χ2n) is 5.58. The molecule has 0 spiro atoms. The Bertz CT molecular complexity index is 341. The molecule has 19 heavy (non-hydrogen) atoms. The fraction of sp³-hybridized carbons (Fsp3) is 0.733. The third-order valence-electron chi connectivity index (χ3n) is 4.05. The van der Waals surface area contributed by atoms with Crippen molar-refractivity contribution in [2.75, 3.05) is 6.54 Å². The van der Waals surface area contributed by atoms with Gasteiger partial charge in [0.1, 0.15) is 0 Å². The molecule has 4 atom stereocenters. The van der Waals surface area contributed by atoms with E-state index in [1.807, 2.05) is 6.92 Å². The zero-order valence-corrected chi connectivity index (χ0v) is 12.0. The minimum atomic E-state index is -0.377. The van der Waals surface area contributed by atoms with Crippen LogP contribution in [0.2, 0.25) is 0 Å². The molecule has 0 saturated heterocycles. The van der Waals surface area contributed by atoms with E-state index in [1.165, 1.54) is 0 Å². The van der Waals surface area contributed by atoms with Gasteiger partial charge in [0.25, 0.3) is 0 Å². The van der Waals surface area contributed by atoms with Gasteiger partial charge in [0.15, 0.2) is 0 Å². The van der Waals surface area contributed by atoms with Crippen molar-refractivity contribution in [2.45, 2.75) is 39.5 Å². The second-order valence-corrected chi connectivity index (χ2v) is 5.58. The summed E-state index contributed by atoms with van der Waals surface area (Å²) in [6.07, 6.45) is 5.02. The largest absolute Gasteiger partial charge is 0.369 e. The van der Waals surface area contributed by atoms with Crippen LogP contribution in [0.15, 0.2) is 12.7 Å². The lowest BCUT2D eigenvalue weighted by molar-refractivity contribution is -0.134. The Morgan fingerprint density at radius 3 is 2.53 bits per heavy atom. The molecular weight excluding hydrogens is 240 g/mol. The van der Waals surface area contributed by atoms with Crippen molar-refractivity contribution in [3.05, 3.63) is 12.7 Å². The van der Waals surface area contributed by atoms with Gasteiger partial charge in [-0.05, 0) is 44.4 Å². The number of allylic oxidation sites excluding steroid dienone is 1. The molecule has 3 N–H and O–H groups in total. The van der Waals surface area contributed by atoms with E-state index in [-0.39, 0.29) is 23.7 Å². The van der Waals surface area contributed by atoms with Crippen LogP contribution in [0.1, 0.15) is 39.5 Å². The fourth-order valence-corrected chi connectivity index (χ4v) is 2.65. The molecule has 1 fully saturated rings. The number of hydrogen-bond acceptors (Lipinski definition) is 2. The number of nitrogens with one attached hydrogen (secondary N) is 1. The number of hydrogen-bond donors (Lipinski definition) is 2. The fourth-order valence-electron chi connectivity index (χ4n) is 2.65. The van der Waals surface area contributed by atoms with Gasteiger partial charge in [0, 0.05) is 18.4 Å². The molecule has 4 nitrogen and oxygen atoms in total. The summed E-state index contributed by atoms with van der Waals surface area (Å²) >= 11 is 0. The Kier molecular flexibility index (Phi) is 6.06. The number of carbonyl (C=O) groups excluding carboxylic acids is 2. The highest BCUT2D eigenvalue weighted by Gasteiger charge is 2.40. The lowest BCUT2D eigenvalue weighted by Crippen LogP contribution is -2.40. The Hall–Kier alpha value is -1.32. The first-order chi connectivity index (χ1) is 9.01. The summed E-state index contributed by atoms with van der Waals surface area (Å²) in [6, 6.07) is 0. The second kappa shape index (κ2) is 7.31. The van der Waals surface area contributed by atoms with Gasteiger partial charge >= 0.3 is 0 Å². The molecule has 1 saturated carbocycles. The van der Waals surface area contributed by atoms with Crippen molar-refractivity contribution in [1.82, 2.24) is 5.32 Å². The zero-order valence-electron chi connectivity index (χ0n) is 12.0. The molecule has 1 rings (SSSR count). The predicted octanol–water partition coefficient (Wildman–Crippen LogP) is 1.85. The summed E-state index contributed by atoms with van der Waals surface area (Å²) in [5.74, 6) is 0.175. The van der Waals surface area contributed by atoms with Crippen molar-refractivity contribution in [3.8, 4) is 0 Å². The summed E-state index contributed by atoms with van der Waals surface area (Å²) in [4.78, 5) is 23.8. The van der Waals surface area contributed by atoms with E-state index >= 15 is 0 Å². The van der Waals surface area contributed by atoms with E-state index in [9.17, 15) is 9.59 Å². The molecule has 4 heteroatoms. The molecule has 0 aromatic rings. The van der Waals surface area contributed by atoms with Crippen molar-refractivity contribution >= 4 is 11.8 Å². The highest BCUT2D eigenvalue weighted by Crippen LogP contribution is 2.44. The molecule has 2 unspecified atom stereocenters. The summed E-state index contributed by atoms with van der Waals surface area (Å²) in [7, 11) is 0. The number of nitrogens with two attached hydrogens (primary N) is 1. The highest BCUT2D eigenvalue weighted by molar-refractivity contribution is 5.86. The molecule has 1 aliphatic rings. The van der Waals surface area contributed by atoms with Crippen molar-refractivity contribution < 1.29 is 9.59 Å². The quantitative estimate of drug-likeness (QED) is 0.625. The summed E-state index contributed by atoms with van der Waals surface area (Å²) < 4.78 is 0. The van der Waals surface area contributed by atoms with Gasteiger partial charge in [-0.15, -0.1) is 6.58 Å². The topological polar surface area (TPSA) is 72.2 Å². The van der Waals surface area contributed by atoms with Crippen LogP contribution in [0.25, 0.3) is 0 Å². The summed E-state index contributed by atoms with van der Waals surface area (Å²) in [5.41, 5.74) is 5.49. The molecule has 0 aromatic heterocycles. The third kappa shape index (κ3) is 4.69. The minimum absolute atomic E-state index is 0.0329. The molecule has 108 valence electrons. The van der Waals surface area contributed by atoms with Gasteiger partial charge in [-0.2, -0.15) is 0 Å². The lowest BCUT2D eigenvalue weighted by atomic mass is 9.83. The lowest BCUT2D eigenvalue weighted by Gasteiger charge is -2.23. The predicted molar refractivity (Wildman–Crippen MR) is 76.2 cm³/mol. The molecule has 0 aromatic carbocycles. The molecule has 0 bridgehead atoms. The first kappa shape index (κ1) is 15.7. The van der Waals surface area contributed by atoms with Gasteiger partial charge in [-0.25, -0.2) is 0 Å². The third-order valence-corrected chi connectivity index (χ3v) is 4.05. The van der Waals surface area contributed by atoms with Crippen LogP contribution < -0.4 is 11.1 Å². The SMILES string of the molecule is C=CCC[C@H](C(N)=O)[C@@H](CC1CC1C)C(=O)NCC. The van der Waals surface area contributed by atoms with E-state index in [1.54, 1.807) is 6.08 Å². The molecular formula is C15H26N2O2. The first-order valence-electron chi connectivity index (χ1n) is 7.19. The maximum atomic E-state index is 12.2. The van der Waals surface area contributed by atoms with E-state index in [0.717, 1.165) is 12.8 Å². The average molecular weight is 266 g/mol. The average Bonchev–Trinajstić information content (AvgIpc) is 3.04. The number of carbonyl (C=O) groups is 2. The summed E-state index contributed by atoms with van der Waals surface area (Å²) in [6.45, 7) is 8.32. The van der Waals surface area contributed by atoms with Crippen LogP contribution >= 0.6 is 0 Å². The Balaban J connectivity index is 2.74. The monoisotopic (exact) mass is 266 g/mol. The highest BCUT2D eigenvalue weighted by atomic mass is 16.2. The number of rotatable bonds is 9. The molecule has 0 heterocycles. The van der Waals surface area contributed by atoms with E-state index < -0.39 is 0 Å². The number of amides is 2. The Labute approximate surface area is 115 Å². The standard InChI is InChI=1S/C15H26N2O2/c1-4-6-7-12(14(16)18)13(15(19)17-5-2)9-11-8-10(11)3/h4,10-13H,1,5-9H2,2-3H3,(H2,16,18)(H,17,19)/t10?,11?,12-,13+/m0/s1. The van der Waals surface area contributed by atoms with Gasteiger partial charge in [0.05, 0.1) is 0 Å². The van der Waals surface area contributed by atoms with Gasteiger partial charge in [0.2, 0.25) is 11.8 Å². The zero-order chi connectivity index (χ0) is 14.4. The van der Waals surface area contributed by atoms with E-state index in [4.69, 9.17) is 5.73 Å². The van der Waals surface area contributed by atoms with Gasteiger partial charge < -0.3 is 11.1 Å². The smallest absolute Gasteiger partial charge is 0.223 e. The normalized spacial score (nSPS) is 24.3. The molecule has 1 aliphatic carbocycles. The molecule has 0 radical (unpaired) electrons. The van der Waals surface area contributed by atoms with Crippen LogP contribution in [-0.4, -0.2) is 18.4 Å². The first-order valence-corrected chi connectivity index (χ1v) is 7.19. The van der Waals surface area contributed by atoms with Crippen molar-refractivity contribution in [3.63, 3.8) is 0 Å². The van der Waals surface area contributed by atoms with Gasteiger partial charge in [-0.3, -0.25) is 9.59 Å². The van der Waals surface area contributed by atoms with Gasteiger partial charge in [-0.1, -0.05) is 13.0 Å². The van der Waals surface area contributed by atoms with Crippen LogP contribution in [0, 0.1) is 23.7 Å². The maximum Gasteiger partial charge on any atom is 0.223 e. The van der Waals surface area contributed by atoms with Crippen molar-refractivity contribution in [1.29, 1.82) is 0 Å². The van der Waals surface area contributed by atoms with Crippen LogP contribution in [0.3, 0.4) is 0 Å². The van der Waals surface area contributed by atoms with Crippen molar-refractivity contribution in [2.24, 2.45) is 29.4 Å². The van der Waals surface area contributed by atoms with Crippen LogP contribution in [-0.2, 0) is 9.59 Å². The molecule has 0 aliphatic heterocycles. The Morgan fingerprint density at radius 2 is 2.11 bits per heavy atom. The molecule has 2 amide bonds. The number of primary amides is 1. The van der Waals surface area contributed by atoms with E-state index in [2.05, 4.69) is 18.8 Å². The Morgan fingerprint density at radius 1 is 1.47 bits per heavy atom. The van der Waals surface area contributed by atoms with Crippen LogP contribution in [0.4, 0.5) is 0 Å².